The first-order valence-corrected chi connectivity index (χ1v) is 12.5. The molecule has 2 aromatic rings. The molecule has 32 heavy (non-hydrogen) atoms. The van der Waals surface area contributed by atoms with Crippen molar-refractivity contribution in [1.29, 1.82) is 0 Å². The zero-order chi connectivity index (χ0) is 23.5. The Kier molecular flexibility index (Phi) is 8.02. The summed E-state index contributed by atoms with van der Waals surface area (Å²) in [5, 5.41) is -0.314. The highest BCUT2D eigenvalue weighted by atomic mass is 35.5. The standard InChI is InChI=1S/C27H33ClN2OS/c1-17-10-12-19(13-11-17)25-21(15-29)23(14-27(3,4)5)30-18(2)22(25)16-32-24-9-7-6-8-20(24)26(28)31/h6-13,20,24H,14-16,29H2,1-5H3. The second kappa shape index (κ2) is 10.4. The predicted octanol–water partition coefficient (Wildman–Crippen LogP) is 6.52. The minimum absolute atomic E-state index is 0.00541. The molecule has 1 aliphatic carbocycles. The number of rotatable bonds is 7. The van der Waals surface area contributed by atoms with E-state index in [0.29, 0.717) is 6.54 Å². The summed E-state index contributed by atoms with van der Waals surface area (Å²) in [6.45, 7) is 11.3. The summed E-state index contributed by atoms with van der Waals surface area (Å²) >= 11 is 7.60. The minimum atomic E-state index is -0.320. The number of halogens is 1. The van der Waals surface area contributed by atoms with Crippen LogP contribution in [0.25, 0.3) is 11.1 Å². The summed E-state index contributed by atoms with van der Waals surface area (Å²) in [4.78, 5) is 17.0. The van der Waals surface area contributed by atoms with Gasteiger partial charge in [0, 0.05) is 28.9 Å². The van der Waals surface area contributed by atoms with Crippen LogP contribution >= 0.6 is 23.4 Å². The van der Waals surface area contributed by atoms with Crippen molar-refractivity contribution in [2.75, 3.05) is 0 Å². The average Bonchev–Trinajstić information content (AvgIpc) is 2.72. The molecule has 1 aromatic heterocycles. The monoisotopic (exact) mass is 468 g/mol. The van der Waals surface area contributed by atoms with Crippen molar-refractivity contribution in [1.82, 2.24) is 4.98 Å². The van der Waals surface area contributed by atoms with Gasteiger partial charge in [-0.1, -0.05) is 74.9 Å². The summed E-state index contributed by atoms with van der Waals surface area (Å²) in [5.74, 6) is 0.422. The van der Waals surface area contributed by atoms with Gasteiger partial charge in [0.05, 0.1) is 5.92 Å². The van der Waals surface area contributed by atoms with Crippen molar-refractivity contribution in [3.05, 3.63) is 76.6 Å². The molecule has 0 saturated carbocycles. The first-order valence-electron chi connectivity index (χ1n) is 11.0. The molecular weight excluding hydrogens is 436 g/mol. The highest BCUT2D eigenvalue weighted by molar-refractivity contribution is 7.99. The van der Waals surface area contributed by atoms with E-state index in [4.69, 9.17) is 22.3 Å². The molecule has 0 amide bonds. The second-order valence-electron chi connectivity index (χ2n) is 9.66. The van der Waals surface area contributed by atoms with Crippen LogP contribution in [0.15, 0.2) is 48.6 Å². The molecule has 1 heterocycles. The number of nitrogens with zero attached hydrogens (tertiary/aromatic N) is 1. The van der Waals surface area contributed by atoms with Crippen LogP contribution in [0.2, 0.25) is 0 Å². The number of pyridine rings is 1. The van der Waals surface area contributed by atoms with Gasteiger partial charge in [-0.2, -0.15) is 0 Å². The van der Waals surface area contributed by atoms with Gasteiger partial charge in [-0.3, -0.25) is 9.78 Å². The predicted molar refractivity (Wildman–Crippen MR) is 138 cm³/mol. The molecule has 5 heteroatoms. The molecule has 0 fully saturated rings. The molecule has 2 N–H and O–H groups in total. The smallest absolute Gasteiger partial charge is 0.229 e. The zero-order valence-electron chi connectivity index (χ0n) is 19.6. The summed E-state index contributed by atoms with van der Waals surface area (Å²) < 4.78 is 0. The van der Waals surface area contributed by atoms with E-state index in [1.165, 1.54) is 16.7 Å². The summed E-state index contributed by atoms with van der Waals surface area (Å²) in [7, 11) is 0. The van der Waals surface area contributed by atoms with Gasteiger partial charge >= 0.3 is 0 Å². The Hall–Kier alpha value is -1.88. The molecule has 0 saturated heterocycles. The lowest BCUT2D eigenvalue weighted by atomic mass is 9.85. The average molecular weight is 469 g/mol. The Balaban J connectivity index is 2.08. The Morgan fingerprint density at radius 2 is 1.75 bits per heavy atom. The number of allylic oxidation sites excluding steroid dienone is 3. The molecule has 0 bridgehead atoms. The van der Waals surface area contributed by atoms with E-state index in [9.17, 15) is 4.79 Å². The summed E-state index contributed by atoms with van der Waals surface area (Å²) in [6, 6.07) is 8.63. The maximum absolute atomic E-state index is 11.9. The molecule has 2 atom stereocenters. The number of thioether (sulfide) groups is 1. The molecular formula is C27H33ClN2OS. The lowest BCUT2D eigenvalue weighted by Crippen LogP contribution is -2.21. The van der Waals surface area contributed by atoms with E-state index in [1.54, 1.807) is 11.8 Å². The third kappa shape index (κ3) is 5.92. The maximum atomic E-state index is 11.9. The molecule has 0 radical (unpaired) electrons. The third-order valence-electron chi connectivity index (χ3n) is 5.70. The van der Waals surface area contributed by atoms with Crippen molar-refractivity contribution in [2.45, 2.75) is 58.6 Å². The van der Waals surface area contributed by atoms with Gasteiger partial charge in [-0.05, 0) is 59.5 Å². The van der Waals surface area contributed by atoms with Gasteiger partial charge in [0.1, 0.15) is 0 Å². The quantitative estimate of drug-likeness (QED) is 0.470. The molecule has 3 nitrogen and oxygen atoms in total. The highest BCUT2D eigenvalue weighted by Crippen LogP contribution is 2.38. The van der Waals surface area contributed by atoms with E-state index in [0.717, 1.165) is 34.7 Å². The van der Waals surface area contributed by atoms with Gasteiger partial charge in [-0.15, -0.1) is 11.8 Å². The Bertz CT molecular complexity index is 1040. The number of carbonyl (C=O) groups is 1. The fourth-order valence-electron chi connectivity index (χ4n) is 4.09. The van der Waals surface area contributed by atoms with Crippen LogP contribution in [0.1, 0.15) is 48.8 Å². The van der Waals surface area contributed by atoms with E-state index in [-0.39, 0.29) is 21.8 Å². The number of hydrogen-bond donors (Lipinski definition) is 1. The van der Waals surface area contributed by atoms with Crippen molar-refractivity contribution in [2.24, 2.45) is 17.1 Å². The summed E-state index contributed by atoms with van der Waals surface area (Å²) in [6.07, 6.45) is 8.68. The highest BCUT2D eigenvalue weighted by Gasteiger charge is 2.27. The number of benzene rings is 1. The molecule has 0 spiro atoms. The molecule has 170 valence electrons. The lowest BCUT2D eigenvalue weighted by molar-refractivity contribution is -0.113. The third-order valence-corrected chi connectivity index (χ3v) is 7.24. The van der Waals surface area contributed by atoms with Crippen LogP contribution in [-0.2, 0) is 23.5 Å². The first kappa shape index (κ1) is 24.8. The molecule has 1 aromatic carbocycles. The molecule has 1 aliphatic rings. The number of hydrogen-bond acceptors (Lipinski definition) is 4. The van der Waals surface area contributed by atoms with Gasteiger partial charge in [0.2, 0.25) is 5.24 Å². The summed E-state index contributed by atoms with van der Waals surface area (Å²) in [5.41, 5.74) is 14.4. The van der Waals surface area contributed by atoms with Crippen LogP contribution in [-0.4, -0.2) is 15.5 Å². The first-order chi connectivity index (χ1) is 15.1. The molecule has 0 aliphatic heterocycles. The lowest BCUT2D eigenvalue weighted by Gasteiger charge is -2.26. The Morgan fingerprint density at radius 1 is 1.09 bits per heavy atom. The SMILES string of the molecule is Cc1ccc(-c2c(CSC3C=CC=CC3C(=O)Cl)c(C)nc(CC(C)(C)C)c2CN)cc1. The van der Waals surface area contributed by atoms with E-state index in [2.05, 4.69) is 65.0 Å². The van der Waals surface area contributed by atoms with E-state index in [1.807, 2.05) is 18.2 Å². The van der Waals surface area contributed by atoms with Crippen LogP contribution < -0.4 is 5.73 Å². The van der Waals surface area contributed by atoms with Crippen molar-refractivity contribution in [3.8, 4) is 11.1 Å². The number of carbonyl (C=O) groups excluding carboxylic acids is 1. The van der Waals surface area contributed by atoms with Gasteiger partial charge in [0.25, 0.3) is 0 Å². The molecule has 3 rings (SSSR count). The van der Waals surface area contributed by atoms with Gasteiger partial charge in [-0.25, -0.2) is 0 Å². The number of nitrogens with two attached hydrogens (primary N) is 1. The fraction of sp³-hybridized carbons (Fsp3) is 0.407. The topological polar surface area (TPSA) is 56.0 Å². The minimum Gasteiger partial charge on any atom is -0.326 e. The van der Waals surface area contributed by atoms with Gasteiger partial charge in [0.15, 0.2) is 0 Å². The Labute approximate surface area is 201 Å². The van der Waals surface area contributed by atoms with Crippen LogP contribution in [0.5, 0.6) is 0 Å². The second-order valence-corrected chi connectivity index (χ2v) is 11.2. The normalized spacial score (nSPS) is 18.2. The number of aromatic nitrogens is 1. The van der Waals surface area contributed by atoms with Crippen molar-refractivity contribution >= 4 is 28.6 Å². The Morgan fingerprint density at radius 3 is 2.34 bits per heavy atom. The van der Waals surface area contributed by atoms with Crippen molar-refractivity contribution in [3.63, 3.8) is 0 Å². The number of aryl methyl sites for hydroxylation is 2. The van der Waals surface area contributed by atoms with E-state index < -0.39 is 0 Å². The van der Waals surface area contributed by atoms with Gasteiger partial charge < -0.3 is 5.73 Å². The van der Waals surface area contributed by atoms with Crippen LogP contribution in [0.3, 0.4) is 0 Å². The fourth-order valence-corrected chi connectivity index (χ4v) is 5.71. The van der Waals surface area contributed by atoms with E-state index >= 15 is 0 Å². The molecule has 2 unspecified atom stereocenters. The van der Waals surface area contributed by atoms with Crippen LogP contribution in [0, 0.1) is 25.2 Å². The largest absolute Gasteiger partial charge is 0.326 e. The zero-order valence-corrected chi connectivity index (χ0v) is 21.2. The van der Waals surface area contributed by atoms with Crippen LogP contribution in [0.4, 0.5) is 0 Å². The maximum Gasteiger partial charge on any atom is 0.229 e. The van der Waals surface area contributed by atoms with Crippen molar-refractivity contribution < 1.29 is 4.79 Å².